The first-order valence-corrected chi connectivity index (χ1v) is 9.47. The Morgan fingerprint density at radius 3 is 2.46 bits per heavy atom. The molecule has 28 heavy (non-hydrogen) atoms. The number of nitrogens with one attached hydrogen (secondary N) is 1. The molecule has 0 spiro atoms. The summed E-state index contributed by atoms with van der Waals surface area (Å²) < 4.78 is 3.34. The molecule has 0 saturated heterocycles. The summed E-state index contributed by atoms with van der Waals surface area (Å²) in [4.78, 5) is 27.7. The van der Waals surface area contributed by atoms with Gasteiger partial charge in [0.05, 0.1) is 17.9 Å². The predicted molar refractivity (Wildman–Crippen MR) is 110 cm³/mol. The van der Waals surface area contributed by atoms with E-state index in [0.29, 0.717) is 5.69 Å². The van der Waals surface area contributed by atoms with Crippen molar-refractivity contribution in [3.63, 3.8) is 0 Å². The minimum absolute atomic E-state index is 0.162. The molecule has 1 N–H and O–H groups in total. The standard InChI is InChI=1S/C22H24N4O2/c1-16-21(22(28)26(24(16)2)19-10-4-3-5-11-19)23-20(27)15-25-13-12-17-8-6-7-9-18(17)14-25/h3-11H,12-15H2,1-2H3,(H,23,27). The van der Waals surface area contributed by atoms with Gasteiger partial charge in [-0.1, -0.05) is 42.5 Å². The van der Waals surface area contributed by atoms with Crippen molar-refractivity contribution in [1.29, 1.82) is 0 Å². The molecule has 0 bridgehead atoms. The molecule has 3 aromatic rings. The second-order valence-corrected chi connectivity index (χ2v) is 7.21. The van der Waals surface area contributed by atoms with Gasteiger partial charge in [0.1, 0.15) is 5.69 Å². The highest BCUT2D eigenvalue weighted by molar-refractivity contribution is 5.92. The van der Waals surface area contributed by atoms with Gasteiger partial charge < -0.3 is 5.32 Å². The van der Waals surface area contributed by atoms with Crippen molar-refractivity contribution in [2.75, 3.05) is 18.4 Å². The summed E-state index contributed by atoms with van der Waals surface area (Å²) in [5.74, 6) is -0.162. The van der Waals surface area contributed by atoms with E-state index in [1.54, 1.807) is 9.36 Å². The first kappa shape index (κ1) is 18.3. The largest absolute Gasteiger partial charge is 0.319 e. The van der Waals surface area contributed by atoms with Crippen molar-refractivity contribution >= 4 is 11.6 Å². The van der Waals surface area contributed by atoms with Crippen molar-refractivity contribution in [2.24, 2.45) is 7.05 Å². The van der Waals surface area contributed by atoms with Gasteiger partial charge in [0.2, 0.25) is 5.91 Å². The van der Waals surface area contributed by atoms with E-state index in [1.165, 1.54) is 11.1 Å². The molecule has 0 atom stereocenters. The number of anilines is 1. The molecule has 0 unspecified atom stereocenters. The van der Waals surface area contributed by atoms with Crippen molar-refractivity contribution in [2.45, 2.75) is 19.9 Å². The Hall–Kier alpha value is -3.12. The zero-order valence-electron chi connectivity index (χ0n) is 16.2. The summed E-state index contributed by atoms with van der Waals surface area (Å²) in [5.41, 5.74) is 4.24. The van der Waals surface area contributed by atoms with Crippen LogP contribution < -0.4 is 10.9 Å². The van der Waals surface area contributed by atoms with Crippen LogP contribution in [0.25, 0.3) is 5.69 Å². The third-order valence-corrected chi connectivity index (χ3v) is 5.40. The van der Waals surface area contributed by atoms with E-state index in [9.17, 15) is 9.59 Å². The zero-order chi connectivity index (χ0) is 19.7. The van der Waals surface area contributed by atoms with Crippen molar-refractivity contribution in [1.82, 2.24) is 14.3 Å². The molecule has 0 radical (unpaired) electrons. The molecule has 1 amide bonds. The van der Waals surface area contributed by atoms with Crippen LogP contribution in [0.3, 0.4) is 0 Å². The van der Waals surface area contributed by atoms with E-state index in [2.05, 4.69) is 28.4 Å². The van der Waals surface area contributed by atoms with E-state index >= 15 is 0 Å². The molecule has 0 fully saturated rings. The third kappa shape index (κ3) is 3.39. The van der Waals surface area contributed by atoms with Gasteiger partial charge >= 0.3 is 0 Å². The Kier molecular flexibility index (Phi) is 4.88. The number of rotatable bonds is 4. The molecule has 4 rings (SSSR count). The average Bonchev–Trinajstić information content (AvgIpc) is 2.92. The number of carbonyl (C=O) groups excluding carboxylic acids is 1. The molecule has 6 heteroatoms. The lowest BCUT2D eigenvalue weighted by Gasteiger charge is -2.27. The monoisotopic (exact) mass is 376 g/mol. The van der Waals surface area contributed by atoms with Crippen LogP contribution in [-0.4, -0.2) is 33.3 Å². The first-order chi connectivity index (χ1) is 13.5. The van der Waals surface area contributed by atoms with Gasteiger partial charge in [-0.2, -0.15) is 0 Å². The van der Waals surface area contributed by atoms with Crippen molar-refractivity contribution in [3.8, 4) is 5.69 Å². The third-order valence-electron chi connectivity index (χ3n) is 5.40. The van der Waals surface area contributed by atoms with Crippen LogP contribution >= 0.6 is 0 Å². The molecule has 0 saturated carbocycles. The van der Waals surface area contributed by atoms with Crippen LogP contribution in [0.5, 0.6) is 0 Å². The number of aromatic nitrogens is 2. The van der Waals surface area contributed by atoms with E-state index in [-0.39, 0.29) is 18.0 Å². The highest BCUT2D eigenvalue weighted by atomic mass is 16.2. The van der Waals surface area contributed by atoms with Crippen LogP contribution in [0, 0.1) is 6.92 Å². The highest BCUT2D eigenvalue weighted by Crippen LogP contribution is 2.19. The van der Waals surface area contributed by atoms with Gasteiger partial charge in [-0.25, -0.2) is 4.68 Å². The summed E-state index contributed by atoms with van der Waals surface area (Å²) in [7, 11) is 1.82. The fraction of sp³-hybridized carbons (Fsp3) is 0.273. The topological polar surface area (TPSA) is 59.3 Å². The van der Waals surface area contributed by atoms with Gasteiger partial charge in [-0.15, -0.1) is 0 Å². The summed E-state index contributed by atoms with van der Waals surface area (Å²) in [6.45, 7) is 3.71. The molecular weight excluding hydrogens is 352 g/mol. The summed E-state index contributed by atoms with van der Waals surface area (Å²) in [5, 5.41) is 2.85. The molecule has 0 aliphatic carbocycles. The zero-order valence-corrected chi connectivity index (χ0v) is 16.2. The minimum Gasteiger partial charge on any atom is -0.319 e. The smallest absolute Gasteiger partial charge is 0.295 e. The molecular formula is C22H24N4O2. The average molecular weight is 376 g/mol. The van der Waals surface area contributed by atoms with Crippen molar-refractivity contribution in [3.05, 3.63) is 81.8 Å². The Bertz CT molecular complexity index is 1070. The lowest BCUT2D eigenvalue weighted by atomic mass is 10.00. The Morgan fingerprint density at radius 1 is 1.04 bits per heavy atom. The second-order valence-electron chi connectivity index (χ2n) is 7.21. The number of para-hydroxylation sites is 1. The van der Waals surface area contributed by atoms with Crippen LogP contribution in [0.2, 0.25) is 0 Å². The van der Waals surface area contributed by atoms with E-state index in [4.69, 9.17) is 0 Å². The molecule has 1 aliphatic heterocycles. The molecule has 1 aromatic heterocycles. The number of hydrogen-bond donors (Lipinski definition) is 1. The van der Waals surface area contributed by atoms with Crippen LogP contribution in [-0.2, 0) is 24.8 Å². The maximum atomic E-state index is 12.9. The SMILES string of the molecule is Cc1c(NC(=O)CN2CCc3ccccc3C2)c(=O)n(-c2ccccc2)n1C. The van der Waals surface area contributed by atoms with E-state index < -0.39 is 0 Å². The molecule has 2 aromatic carbocycles. The fourth-order valence-corrected chi connectivity index (χ4v) is 3.78. The molecule has 2 heterocycles. The summed E-state index contributed by atoms with van der Waals surface area (Å²) in [6, 6.07) is 17.8. The Labute approximate surface area is 164 Å². The van der Waals surface area contributed by atoms with Crippen molar-refractivity contribution < 1.29 is 4.79 Å². The van der Waals surface area contributed by atoms with Gasteiger partial charge in [-0.05, 0) is 36.6 Å². The normalized spacial score (nSPS) is 13.9. The lowest BCUT2D eigenvalue weighted by Crippen LogP contribution is -2.37. The quantitative estimate of drug-likeness (QED) is 0.761. The van der Waals surface area contributed by atoms with E-state index in [1.807, 2.05) is 50.4 Å². The Morgan fingerprint density at radius 2 is 1.71 bits per heavy atom. The van der Waals surface area contributed by atoms with Gasteiger partial charge in [0.25, 0.3) is 5.56 Å². The predicted octanol–water partition coefficient (Wildman–Crippen LogP) is 2.48. The number of benzene rings is 2. The maximum absolute atomic E-state index is 12.9. The summed E-state index contributed by atoms with van der Waals surface area (Å²) >= 11 is 0. The number of nitrogens with zero attached hydrogens (tertiary/aromatic N) is 3. The number of amides is 1. The molecule has 144 valence electrons. The van der Waals surface area contributed by atoms with Crippen LogP contribution in [0.15, 0.2) is 59.4 Å². The Balaban J connectivity index is 1.51. The number of carbonyl (C=O) groups is 1. The lowest BCUT2D eigenvalue weighted by molar-refractivity contribution is -0.117. The van der Waals surface area contributed by atoms with Crippen LogP contribution in [0.4, 0.5) is 5.69 Å². The first-order valence-electron chi connectivity index (χ1n) is 9.47. The van der Waals surface area contributed by atoms with E-state index in [0.717, 1.165) is 30.9 Å². The second kappa shape index (κ2) is 7.48. The van der Waals surface area contributed by atoms with Gasteiger partial charge in [-0.3, -0.25) is 19.2 Å². The fourth-order valence-electron chi connectivity index (χ4n) is 3.78. The number of fused-ring (bicyclic) bond motifs is 1. The van der Waals surface area contributed by atoms with Gasteiger partial charge in [0, 0.05) is 20.1 Å². The summed E-state index contributed by atoms with van der Waals surface area (Å²) in [6.07, 6.45) is 0.939. The molecule has 6 nitrogen and oxygen atoms in total. The highest BCUT2D eigenvalue weighted by Gasteiger charge is 2.21. The van der Waals surface area contributed by atoms with Gasteiger partial charge in [0.15, 0.2) is 0 Å². The minimum atomic E-state index is -0.219. The van der Waals surface area contributed by atoms with Crippen LogP contribution in [0.1, 0.15) is 16.8 Å². The number of hydrogen-bond acceptors (Lipinski definition) is 3. The maximum Gasteiger partial charge on any atom is 0.295 e. The molecule has 1 aliphatic rings.